The SMILES string of the molecule is CCCCc1ccc(NC(=S)Nc2ccc(C)cc2C)cc1. The Morgan fingerprint density at radius 3 is 2.36 bits per heavy atom. The molecule has 0 bridgehead atoms. The minimum Gasteiger partial charge on any atom is -0.332 e. The molecule has 2 nitrogen and oxygen atoms in total. The number of aryl methyl sites for hydroxylation is 3. The van der Waals surface area contributed by atoms with E-state index in [0.29, 0.717) is 5.11 Å². The molecule has 0 aliphatic rings. The Morgan fingerprint density at radius 2 is 1.73 bits per heavy atom. The van der Waals surface area contributed by atoms with Crippen LogP contribution in [0.1, 0.15) is 36.5 Å². The molecule has 2 rings (SSSR count). The predicted molar refractivity (Wildman–Crippen MR) is 101 cm³/mol. The molecule has 0 aliphatic carbocycles. The van der Waals surface area contributed by atoms with Gasteiger partial charge in [0.15, 0.2) is 5.11 Å². The van der Waals surface area contributed by atoms with Gasteiger partial charge in [-0.3, -0.25) is 0 Å². The second kappa shape index (κ2) is 7.95. The maximum Gasteiger partial charge on any atom is 0.175 e. The number of unbranched alkanes of at least 4 members (excludes halogenated alkanes) is 1. The Hall–Kier alpha value is -1.87. The molecule has 0 aliphatic heterocycles. The second-order valence-corrected chi connectivity index (χ2v) is 6.11. The molecule has 116 valence electrons. The summed E-state index contributed by atoms with van der Waals surface area (Å²) in [5.74, 6) is 0. The van der Waals surface area contributed by atoms with E-state index >= 15 is 0 Å². The highest BCUT2D eigenvalue weighted by Crippen LogP contribution is 2.17. The first kappa shape index (κ1) is 16.5. The van der Waals surface area contributed by atoms with Crippen LogP contribution in [0, 0.1) is 13.8 Å². The van der Waals surface area contributed by atoms with Crippen molar-refractivity contribution in [2.45, 2.75) is 40.0 Å². The van der Waals surface area contributed by atoms with Crippen LogP contribution in [0.5, 0.6) is 0 Å². The molecule has 0 radical (unpaired) electrons. The number of rotatable bonds is 5. The molecule has 0 saturated heterocycles. The quantitative estimate of drug-likeness (QED) is 0.717. The van der Waals surface area contributed by atoms with E-state index in [2.05, 4.69) is 73.9 Å². The minimum absolute atomic E-state index is 0.619. The molecule has 0 amide bonds. The van der Waals surface area contributed by atoms with E-state index in [1.54, 1.807) is 0 Å². The topological polar surface area (TPSA) is 24.1 Å². The lowest BCUT2D eigenvalue weighted by Crippen LogP contribution is -2.19. The van der Waals surface area contributed by atoms with Gasteiger partial charge in [0, 0.05) is 11.4 Å². The smallest absolute Gasteiger partial charge is 0.175 e. The van der Waals surface area contributed by atoms with Crippen molar-refractivity contribution < 1.29 is 0 Å². The average Bonchev–Trinajstić information content (AvgIpc) is 2.49. The molecule has 0 atom stereocenters. The molecular formula is C19H24N2S. The zero-order valence-corrected chi connectivity index (χ0v) is 14.4. The normalized spacial score (nSPS) is 10.3. The Morgan fingerprint density at radius 1 is 1.00 bits per heavy atom. The number of benzene rings is 2. The summed E-state index contributed by atoms with van der Waals surface area (Å²) in [7, 11) is 0. The number of thiocarbonyl (C=S) groups is 1. The number of anilines is 2. The van der Waals surface area contributed by atoms with E-state index in [0.717, 1.165) is 17.8 Å². The first-order valence-corrected chi connectivity index (χ1v) is 8.23. The van der Waals surface area contributed by atoms with Crippen LogP contribution in [-0.4, -0.2) is 5.11 Å². The van der Waals surface area contributed by atoms with Crippen LogP contribution in [0.2, 0.25) is 0 Å². The summed E-state index contributed by atoms with van der Waals surface area (Å²) in [6, 6.07) is 14.8. The van der Waals surface area contributed by atoms with Crippen molar-refractivity contribution in [1.82, 2.24) is 0 Å². The summed E-state index contributed by atoms with van der Waals surface area (Å²) in [5, 5.41) is 7.11. The van der Waals surface area contributed by atoms with Gasteiger partial charge in [-0.05, 0) is 68.2 Å². The summed E-state index contributed by atoms with van der Waals surface area (Å²) in [6.07, 6.45) is 3.60. The van der Waals surface area contributed by atoms with E-state index < -0.39 is 0 Å². The van der Waals surface area contributed by atoms with Gasteiger partial charge in [0.2, 0.25) is 0 Å². The minimum atomic E-state index is 0.619. The lowest BCUT2D eigenvalue weighted by Gasteiger charge is -2.13. The Labute approximate surface area is 139 Å². The van der Waals surface area contributed by atoms with Gasteiger partial charge in [0.25, 0.3) is 0 Å². The largest absolute Gasteiger partial charge is 0.332 e. The Kier molecular flexibility index (Phi) is 5.96. The predicted octanol–water partition coefficient (Wildman–Crippen LogP) is 5.45. The average molecular weight is 312 g/mol. The molecule has 0 aromatic heterocycles. The molecule has 0 unspecified atom stereocenters. The van der Waals surface area contributed by atoms with Crippen LogP contribution in [0.4, 0.5) is 11.4 Å². The summed E-state index contributed by atoms with van der Waals surface area (Å²) in [6.45, 7) is 6.39. The van der Waals surface area contributed by atoms with E-state index in [1.807, 2.05) is 0 Å². The van der Waals surface area contributed by atoms with Crippen LogP contribution in [0.25, 0.3) is 0 Å². The zero-order chi connectivity index (χ0) is 15.9. The molecule has 2 aromatic carbocycles. The Bertz CT molecular complexity index is 632. The third-order valence-electron chi connectivity index (χ3n) is 3.66. The van der Waals surface area contributed by atoms with Gasteiger partial charge in [-0.2, -0.15) is 0 Å². The van der Waals surface area contributed by atoms with Crippen molar-refractivity contribution in [3.8, 4) is 0 Å². The number of hydrogen-bond acceptors (Lipinski definition) is 1. The highest BCUT2D eigenvalue weighted by atomic mass is 32.1. The fourth-order valence-electron chi connectivity index (χ4n) is 2.37. The summed E-state index contributed by atoms with van der Waals surface area (Å²) in [4.78, 5) is 0. The maximum absolute atomic E-state index is 5.39. The van der Waals surface area contributed by atoms with Gasteiger partial charge < -0.3 is 10.6 Å². The highest BCUT2D eigenvalue weighted by Gasteiger charge is 2.02. The number of nitrogens with one attached hydrogen (secondary N) is 2. The number of hydrogen-bond donors (Lipinski definition) is 2. The summed E-state index contributed by atoms with van der Waals surface area (Å²) >= 11 is 5.39. The lowest BCUT2D eigenvalue weighted by atomic mass is 10.1. The van der Waals surface area contributed by atoms with E-state index in [-0.39, 0.29) is 0 Å². The zero-order valence-electron chi connectivity index (χ0n) is 13.6. The van der Waals surface area contributed by atoms with Crippen LogP contribution >= 0.6 is 12.2 Å². The van der Waals surface area contributed by atoms with Crippen molar-refractivity contribution >= 4 is 28.7 Å². The van der Waals surface area contributed by atoms with E-state index in [9.17, 15) is 0 Å². The van der Waals surface area contributed by atoms with Crippen molar-refractivity contribution in [2.75, 3.05) is 10.6 Å². The van der Waals surface area contributed by atoms with Crippen LogP contribution in [0.15, 0.2) is 42.5 Å². The van der Waals surface area contributed by atoms with Gasteiger partial charge in [-0.15, -0.1) is 0 Å². The van der Waals surface area contributed by atoms with E-state index in [1.165, 1.54) is 29.5 Å². The van der Waals surface area contributed by atoms with Gasteiger partial charge in [0.1, 0.15) is 0 Å². The van der Waals surface area contributed by atoms with Crippen molar-refractivity contribution in [3.63, 3.8) is 0 Å². The summed E-state index contributed by atoms with van der Waals surface area (Å²) < 4.78 is 0. The second-order valence-electron chi connectivity index (χ2n) is 5.70. The lowest BCUT2D eigenvalue weighted by molar-refractivity contribution is 0.795. The van der Waals surface area contributed by atoms with E-state index in [4.69, 9.17) is 12.2 Å². The standard InChI is InChI=1S/C19H24N2S/c1-4-5-6-16-8-10-17(11-9-16)20-19(22)21-18-12-7-14(2)13-15(18)3/h7-13H,4-6H2,1-3H3,(H2,20,21,22). The van der Waals surface area contributed by atoms with Gasteiger partial charge in [-0.1, -0.05) is 43.2 Å². The van der Waals surface area contributed by atoms with Gasteiger partial charge >= 0.3 is 0 Å². The molecule has 0 saturated carbocycles. The monoisotopic (exact) mass is 312 g/mol. The molecule has 2 aromatic rings. The molecule has 3 heteroatoms. The Balaban J connectivity index is 1.94. The van der Waals surface area contributed by atoms with Crippen LogP contribution in [0.3, 0.4) is 0 Å². The van der Waals surface area contributed by atoms with Gasteiger partial charge in [0.05, 0.1) is 0 Å². The third-order valence-corrected chi connectivity index (χ3v) is 3.87. The van der Waals surface area contributed by atoms with Gasteiger partial charge in [-0.25, -0.2) is 0 Å². The maximum atomic E-state index is 5.39. The van der Waals surface area contributed by atoms with Crippen molar-refractivity contribution in [1.29, 1.82) is 0 Å². The molecule has 0 fully saturated rings. The molecule has 0 spiro atoms. The molecule has 22 heavy (non-hydrogen) atoms. The van der Waals surface area contributed by atoms with Crippen LogP contribution < -0.4 is 10.6 Å². The summed E-state index contributed by atoms with van der Waals surface area (Å²) in [5.41, 5.74) is 5.88. The molecule has 2 N–H and O–H groups in total. The van der Waals surface area contributed by atoms with Crippen molar-refractivity contribution in [2.24, 2.45) is 0 Å². The van der Waals surface area contributed by atoms with Crippen LogP contribution in [-0.2, 0) is 6.42 Å². The third kappa shape index (κ3) is 4.85. The fourth-order valence-corrected chi connectivity index (χ4v) is 2.60. The first-order valence-electron chi connectivity index (χ1n) is 7.82. The molecular weight excluding hydrogens is 288 g/mol. The molecule has 0 heterocycles. The first-order chi connectivity index (χ1) is 10.6. The fraction of sp³-hybridized carbons (Fsp3) is 0.316. The van der Waals surface area contributed by atoms with Crippen molar-refractivity contribution in [3.05, 3.63) is 59.2 Å². The highest BCUT2D eigenvalue weighted by molar-refractivity contribution is 7.80.